The van der Waals surface area contributed by atoms with E-state index in [0.29, 0.717) is 21.7 Å². The molecule has 0 amide bonds. The Morgan fingerprint density at radius 3 is 2.68 bits per heavy atom. The van der Waals surface area contributed by atoms with Crippen LogP contribution >= 0.6 is 11.3 Å². The SMILES string of the molecule is O=c1[nH]c(-c2ccccn2)nc2cc(-c3ccncc3)sc12. The van der Waals surface area contributed by atoms with Crippen molar-refractivity contribution in [2.45, 2.75) is 0 Å². The lowest BCUT2D eigenvalue weighted by Crippen LogP contribution is -2.07. The Balaban J connectivity index is 1.91. The molecule has 0 saturated carbocycles. The van der Waals surface area contributed by atoms with E-state index in [4.69, 9.17) is 0 Å². The van der Waals surface area contributed by atoms with Crippen molar-refractivity contribution in [1.29, 1.82) is 0 Å². The van der Waals surface area contributed by atoms with Crippen molar-refractivity contribution < 1.29 is 0 Å². The molecule has 4 rings (SSSR count). The molecular weight excluding hydrogens is 296 g/mol. The number of hydrogen-bond donors (Lipinski definition) is 1. The maximum atomic E-state index is 12.3. The van der Waals surface area contributed by atoms with E-state index in [1.54, 1.807) is 18.6 Å². The largest absolute Gasteiger partial charge is 0.304 e. The minimum absolute atomic E-state index is 0.143. The summed E-state index contributed by atoms with van der Waals surface area (Å²) in [5.41, 5.74) is 2.21. The summed E-state index contributed by atoms with van der Waals surface area (Å²) in [6.07, 6.45) is 5.14. The van der Waals surface area contributed by atoms with E-state index >= 15 is 0 Å². The van der Waals surface area contributed by atoms with Crippen LogP contribution in [-0.2, 0) is 0 Å². The molecule has 4 heterocycles. The van der Waals surface area contributed by atoms with E-state index in [2.05, 4.69) is 19.9 Å². The Morgan fingerprint density at radius 1 is 1.05 bits per heavy atom. The van der Waals surface area contributed by atoms with Crippen molar-refractivity contribution in [3.05, 3.63) is 65.3 Å². The number of rotatable bonds is 2. The maximum absolute atomic E-state index is 12.3. The van der Waals surface area contributed by atoms with Crippen LogP contribution in [0.5, 0.6) is 0 Å². The first-order valence-corrected chi connectivity index (χ1v) is 7.48. The Hall–Kier alpha value is -2.86. The van der Waals surface area contributed by atoms with Crippen molar-refractivity contribution in [2.24, 2.45) is 0 Å². The van der Waals surface area contributed by atoms with Crippen molar-refractivity contribution in [3.63, 3.8) is 0 Å². The molecule has 0 atom stereocenters. The van der Waals surface area contributed by atoms with Crippen LogP contribution < -0.4 is 5.56 Å². The van der Waals surface area contributed by atoms with Crippen LogP contribution in [0, 0.1) is 0 Å². The minimum atomic E-state index is -0.143. The quantitative estimate of drug-likeness (QED) is 0.617. The second-order valence-corrected chi connectivity index (χ2v) is 5.74. The monoisotopic (exact) mass is 306 g/mol. The topological polar surface area (TPSA) is 71.5 Å². The minimum Gasteiger partial charge on any atom is -0.304 e. The highest BCUT2D eigenvalue weighted by Crippen LogP contribution is 2.30. The fourth-order valence-corrected chi connectivity index (χ4v) is 3.22. The highest BCUT2D eigenvalue weighted by atomic mass is 32.1. The molecule has 0 aliphatic rings. The lowest BCUT2D eigenvalue weighted by Gasteiger charge is -1.98. The van der Waals surface area contributed by atoms with Gasteiger partial charge in [0.25, 0.3) is 5.56 Å². The van der Waals surface area contributed by atoms with Crippen LogP contribution in [0.2, 0.25) is 0 Å². The zero-order valence-corrected chi connectivity index (χ0v) is 12.2. The molecule has 5 nitrogen and oxygen atoms in total. The first kappa shape index (κ1) is 12.8. The van der Waals surface area contributed by atoms with Crippen LogP contribution in [0.4, 0.5) is 0 Å². The highest BCUT2D eigenvalue weighted by Gasteiger charge is 2.11. The number of fused-ring (bicyclic) bond motifs is 1. The first-order chi connectivity index (χ1) is 10.8. The van der Waals surface area contributed by atoms with Crippen molar-refractivity contribution in [3.8, 4) is 22.0 Å². The predicted molar refractivity (Wildman–Crippen MR) is 86.7 cm³/mol. The summed E-state index contributed by atoms with van der Waals surface area (Å²) in [5, 5.41) is 0. The summed E-state index contributed by atoms with van der Waals surface area (Å²) in [7, 11) is 0. The van der Waals surface area contributed by atoms with Gasteiger partial charge in [-0.15, -0.1) is 11.3 Å². The molecule has 0 aliphatic carbocycles. The zero-order chi connectivity index (χ0) is 14.9. The number of aromatic nitrogens is 4. The van der Waals surface area contributed by atoms with Gasteiger partial charge in [-0.3, -0.25) is 14.8 Å². The van der Waals surface area contributed by atoms with Crippen molar-refractivity contribution >= 4 is 21.6 Å². The lowest BCUT2D eigenvalue weighted by molar-refractivity contribution is 1.15. The standard InChI is InChI=1S/C16H10N4OS/c21-16-14-12(9-13(22-14)10-4-7-17-8-5-10)19-15(20-16)11-3-1-2-6-18-11/h1-9H,(H,19,20,21). The third kappa shape index (κ3) is 2.19. The summed E-state index contributed by atoms with van der Waals surface area (Å²) in [6, 6.07) is 11.3. The second-order valence-electron chi connectivity index (χ2n) is 4.69. The van der Waals surface area contributed by atoms with Gasteiger partial charge in [0.05, 0.1) is 5.52 Å². The van der Waals surface area contributed by atoms with Gasteiger partial charge in [0.1, 0.15) is 10.4 Å². The summed E-state index contributed by atoms with van der Waals surface area (Å²) in [4.78, 5) is 28.8. The molecule has 0 aliphatic heterocycles. The van der Waals surface area contributed by atoms with Gasteiger partial charge in [-0.1, -0.05) is 6.07 Å². The molecule has 0 aromatic carbocycles. The third-order valence-electron chi connectivity index (χ3n) is 3.26. The Labute approximate surface area is 129 Å². The molecule has 4 aromatic rings. The molecular formula is C16H10N4OS. The Bertz CT molecular complexity index is 993. The fraction of sp³-hybridized carbons (Fsp3) is 0. The van der Waals surface area contributed by atoms with E-state index in [-0.39, 0.29) is 5.56 Å². The van der Waals surface area contributed by atoms with Crippen molar-refractivity contribution in [2.75, 3.05) is 0 Å². The molecule has 0 bridgehead atoms. The molecule has 0 spiro atoms. The van der Waals surface area contributed by atoms with Crippen LogP contribution in [0.15, 0.2) is 59.8 Å². The lowest BCUT2D eigenvalue weighted by atomic mass is 10.2. The number of hydrogen-bond acceptors (Lipinski definition) is 5. The first-order valence-electron chi connectivity index (χ1n) is 6.67. The van der Waals surface area contributed by atoms with Gasteiger partial charge in [0, 0.05) is 23.5 Å². The molecule has 22 heavy (non-hydrogen) atoms. The van der Waals surface area contributed by atoms with Crippen LogP contribution in [0.3, 0.4) is 0 Å². The summed E-state index contributed by atoms with van der Waals surface area (Å²) in [5.74, 6) is 0.483. The van der Waals surface area contributed by atoms with Crippen LogP contribution in [0.25, 0.3) is 32.2 Å². The summed E-state index contributed by atoms with van der Waals surface area (Å²) < 4.78 is 0.617. The number of nitrogens with zero attached hydrogens (tertiary/aromatic N) is 3. The third-order valence-corrected chi connectivity index (χ3v) is 4.43. The number of pyridine rings is 2. The van der Waals surface area contributed by atoms with Gasteiger partial charge < -0.3 is 4.98 Å². The molecule has 0 saturated heterocycles. The number of H-pyrrole nitrogens is 1. The molecule has 0 radical (unpaired) electrons. The normalized spacial score (nSPS) is 10.9. The van der Waals surface area contributed by atoms with E-state index in [0.717, 1.165) is 10.4 Å². The molecule has 106 valence electrons. The van der Waals surface area contributed by atoms with Crippen molar-refractivity contribution in [1.82, 2.24) is 19.9 Å². The van der Waals surface area contributed by atoms with E-state index in [9.17, 15) is 4.79 Å². The molecule has 6 heteroatoms. The van der Waals surface area contributed by atoms with E-state index < -0.39 is 0 Å². The molecule has 0 fully saturated rings. The average molecular weight is 306 g/mol. The fourth-order valence-electron chi connectivity index (χ4n) is 2.22. The van der Waals surface area contributed by atoms with Gasteiger partial charge >= 0.3 is 0 Å². The maximum Gasteiger partial charge on any atom is 0.269 e. The van der Waals surface area contributed by atoms with Gasteiger partial charge in [-0.25, -0.2) is 4.98 Å². The van der Waals surface area contributed by atoms with E-state index in [1.165, 1.54) is 11.3 Å². The summed E-state index contributed by atoms with van der Waals surface area (Å²) >= 11 is 1.43. The number of nitrogens with one attached hydrogen (secondary N) is 1. The van der Waals surface area contributed by atoms with Gasteiger partial charge in [-0.05, 0) is 35.9 Å². The number of thiophene rings is 1. The Kier molecular flexibility index (Phi) is 3.01. The van der Waals surface area contributed by atoms with Gasteiger partial charge in [0.2, 0.25) is 0 Å². The number of aromatic amines is 1. The summed E-state index contributed by atoms with van der Waals surface area (Å²) in [6.45, 7) is 0. The Morgan fingerprint density at radius 2 is 1.91 bits per heavy atom. The van der Waals surface area contributed by atoms with Gasteiger partial charge in [-0.2, -0.15) is 0 Å². The molecule has 1 N–H and O–H groups in total. The second kappa shape index (κ2) is 5.16. The predicted octanol–water partition coefficient (Wildman–Crippen LogP) is 3.11. The average Bonchev–Trinajstić information content (AvgIpc) is 3.01. The highest BCUT2D eigenvalue weighted by molar-refractivity contribution is 7.22. The zero-order valence-electron chi connectivity index (χ0n) is 11.4. The van der Waals surface area contributed by atoms with Crippen LogP contribution in [0.1, 0.15) is 0 Å². The smallest absolute Gasteiger partial charge is 0.269 e. The molecule has 0 unspecified atom stereocenters. The molecule has 4 aromatic heterocycles. The van der Waals surface area contributed by atoms with Gasteiger partial charge in [0.15, 0.2) is 5.82 Å². The van der Waals surface area contributed by atoms with Crippen LogP contribution in [-0.4, -0.2) is 19.9 Å². The van der Waals surface area contributed by atoms with E-state index in [1.807, 2.05) is 36.4 Å².